The molecule has 0 unspecified atom stereocenters. The average molecular weight is 115 g/mol. The number of carbonyl (C=O) groups excluding carboxylic acids is 1. The Morgan fingerprint density at radius 3 is 3.00 bits per heavy atom. The van der Waals surface area contributed by atoms with Gasteiger partial charge in [-0.3, -0.25) is 9.52 Å². The van der Waals surface area contributed by atoms with Gasteiger partial charge in [-0.2, -0.15) is 0 Å². The first-order valence-corrected chi connectivity index (χ1v) is 2.81. The van der Waals surface area contributed by atoms with Gasteiger partial charge in [0.25, 0.3) is 0 Å². The highest BCUT2D eigenvalue weighted by Gasteiger charge is 1.98. The third-order valence-electron chi connectivity index (χ3n) is 0.628. The van der Waals surface area contributed by atoms with Crippen LogP contribution in [0.1, 0.15) is 0 Å². The third-order valence-corrected chi connectivity index (χ3v) is 1.28. The molecule has 2 nitrogen and oxygen atoms in total. The van der Waals surface area contributed by atoms with Gasteiger partial charge in [-0.15, -0.1) is 0 Å². The SMILES string of the molecule is O=C1C=CCNS1. The molecular formula is C4H5NOS. The fraction of sp³-hybridized carbons (Fsp3) is 0.250. The second-order valence-corrected chi connectivity index (χ2v) is 2.07. The van der Waals surface area contributed by atoms with Crippen LogP contribution in [-0.2, 0) is 4.79 Å². The number of nitrogens with one attached hydrogen (secondary N) is 1. The lowest BCUT2D eigenvalue weighted by Crippen LogP contribution is -2.10. The maximum Gasteiger partial charge on any atom is 0.226 e. The van der Waals surface area contributed by atoms with E-state index in [9.17, 15) is 4.79 Å². The smallest absolute Gasteiger partial charge is 0.226 e. The van der Waals surface area contributed by atoms with Gasteiger partial charge < -0.3 is 0 Å². The maximum absolute atomic E-state index is 10.3. The number of carbonyl (C=O) groups is 1. The third kappa shape index (κ3) is 1.33. The van der Waals surface area contributed by atoms with Crippen LogP contribution in [0.15, 0.2) is 12.2 Å². The minimum atomic E-state index is 0.0891. The van der Waals surface area contributed by atoms with Crippen LogP contribution >= 0.6 is 11.9 Å². The molecule has 1 aliphatic heterocycles. The van der Waals surface area contributed by atoms with E-state index in [1.807, 2.05) is 0 Å². The minimum Gasteiger partial charge on any atom is -0.281 e. The predicted molar refractivity (Wildman–Crippen MR) is 29.7 cm³/mol. The lowest BCUT2D eigenvalue weighted by Gasteiger charge is -1.99. The predicted octanol–water partition coefficient (Wildman–Crippen LogP) is 0.321. The molecule has 7 heavy (non-hydrogen) atoms. The molecule has 0 aromatic heterocycles. The van der Waals surface area contributed by atoms with E-state index in [-0.39, 0.29) is 5.12 Å². The molecule has 0 fully saturated rings. The molecule has 0 atom stereocenters. The molecule has 0 aliphatic carbocycles. The molecule has 1 aliphatic rings. The van der Waals surface area contributed by atoms with Crippen molar-refractivity contribution >= 4 is 17.1 Å². The molecule has 3 heteroatoms. The lowest BCUT2D eigenvalue weighted by atomic mass is 10.5. The molecule has 0 amide bonds. The fourth-order valence-electron chi connectivity index (χ4n) is 0.350. The second kappa shape index (κ2) is 2.14. The standard InChI is InChI=1S/C4H5NOS/c6-4-2-1-3-5-7-4/h1-2,5H,3H2. The molecule has 1 rings (SSSR count). The van der Waals surface area contributed by atoms with Gasteiger partial charge in [-0.05, 0) is 18.0 Å². The molecule has 1 N–H and O–H groups in total. The Hall–Kier alpha value is -0.280. The fourth-order valence-corrected chi connectivity index (χ4v) is 0.836. The van der Waals surface area contributed by atoms with Gasteiger partial charge >= 0.3 is 0 Å². The Balaban J connectivity index is 2.51. The van der Waals surface area contributed by atoms with Crippen molar-refractivity contribution in [2.45, 2.75) is 0 Å². The van der Waals surface area contributed by atoms with Crippen molar-refractivity contribution in [2.75, 3.05) is 6.54 Å². The van der Waals surface area contributed by atoms with E-state index in [2.05, 4.69) is 4.72 Å². The van der Waals surface area contributed by atoms with E-state index >= 15 is 0 Å². The van der Waals surface area contributed by atoms with Crippen LogP contribution in [0.3, 0.4) is 0 Å². The monoisotopic (exact) mass is 115 g/mol. The summed E-state index contributed by atoms with van der Waals surface area (Å²) in [5.74, 6) is 0. The maximum atomic E-state index is 10.3. The van der Waals surface area contributed by atoms with Gasteiger partial charge in [0, 0.05) is 6.54 Å². The van der Waals surface area contributed by atoms with Gasteiger partial charge in [0.05, 0.1) is 0 Å². The Morgan fingerprint density at radius 1 is 1.86 bits per heavy atom. The zero-order chi connectivity index (χ0) is 5.11. The molecule has 0 aromatic rings. The summed E-state index contributed by atoms with van der Waals surface area (Å²) >= 11 is 1.14. The molecule has 1 heterocycles. The van der Waals surface area contributed by atoms with Crippen LogP contribution in [0.5, 0.6) is 0 Å². The van der Waals surface area contributed by atoms with Gasteiger partial charge in [-0.25, -0.2) is 0 Å². The first kappa shape index (κ1) is 4.87. The highest BCUT2D eigenvalue weighted by molar-refractivity contribution is 8.12. The largest absolute Gasteiger partial charge is 0.281 e. The van der Waals surface area contributed by atoms with Crippen molar-refractivity contribution in [1.82, 2.24) is 4.72 Å². The van der Waals surface area contributed by atoms with Crippen LogP contribution in [0.25, 0.3) is 0 Å². The van der Waals surface area contributed by atoms with Crippen LogP contribution < -0.4 is 4.72 Å². The van der Waals surface area contributed by atoms with Crippen LogP contribution in [0.2, 0.25) is 0 Å². The average Bonchev–Trinajstić information content (AvgIpc) is 1.69. The van der Waals surface area contributed by atoms with Crippen molar-refractivity contribution in [3.8, 4) is 0 Å². The zero-order valence-corrected chi connectivity index (χ0v) is 4.49. The summed E-state index contributed by atoms with van der Waals surface area (Å²) in [6.45, 7) is 0.802. The topological polar surface area (TPSA) is 29.1 Å². The number of rotatable bonds is 0. The summed E-state index contributed by atoms with van der Waals surface area (Å²) < 4.78 is 2.81. The number of hydrogen-bond donors (Lipinski definition) is 1. The first-order valence-electron chi connectivity index (χ1n) is 2.00. The minimum absolute atomic E-state index is 0.0891. The molecule has 0 aromatic carbocycles. The molecular weight excluding hydrogens is 110 g/mol. The van der Waals surface area contributed by atoms with Crippen molar-refractivity contribution in [1.29, 1.82) is 0 Å². The summed E-state index contributed by atoms with van der Waals surface area (Å²) in [7, 11) is 0. The summed E-state index contributed by atoms with van der Waals surface area (Å²) in [6, 6.07) is 0. The number of hydrogen-bond acceptors (Lipinski definition) is 3. The van der Waals surface area contributed by atoms with Crippen LogP contribution in [0.4, 0.5) is 0 Å². The Labute approximate surface area is 46.1 Å². The van der Waals surface area contributed by atoms with Gasteiger partial charge in [-0.1, -0.05) is 6.08 Å². The van der Waals surface area contributed by atoms with Crippen molar-refractivity contribution < 1.29 is 4.79 Å². The molecule has 0 radical (unpaired) electrons. The van der Waals surface area contributed by atoms with Crippen molar-refractivity contribution in [3.05, 3.63) is 12.2 Å². The van der Waals surface area contributed by atoms with Crippen molar-refractivity contribution in [3.63, 3.8) is 0 Å². The zero-order valence-electron chi connectivity index (χ0n) is 3.68. The van der Waals surface area contributed by atoms with E-state index in [1.165, 1.54) is 0 Å². The summed E-state index contributed by atoms with van der Waals surface area (Å²) in [4.78, 5) is 10.3. The Kier molecular flexibility index (Phi) is 1.49. The Bertz CT molecular complexity index is 110. The molecule has 0 spiro atoms. The summed E-state index contributed by atoms with van der Waals surface area (Å²) in [6.07, 6.45) is 3.38. The van der Waals surface area contributed by atoms with E-state index in [0.29, 0.717) is 0 Å². The van der Waals surface area contributed by atoms with Gasteiger partial charge in [0.2, 0.25) is 5.12 Å². The van der Waals surface area contributed by atoms with Gasteiger partial charge in [0.15, 0.2) is 0 Å². The van der Waals surface area contributed by atoms with E-state index < -0.39 is 0 Å². The van der Waals surface area contributed by atoms with E-state index in [4.69, 9.17) is 0 Å². The molecule has 0 saturated carbocycles. The first-order chi connectivity index (χ1) is 3.39. The molecule has 0 bridgehead atoms. The molecule has 38 valence electrons. The quantitative estimate of drug-likeness (QED) is 0.461. The van der Waals surface area contributed by atoms with Crippen molar-refractivity contribution in [2.24, 2.45) is 0 Å². The van der Waals surface area contributed by atoms with E-state index in [1.54, 1.807) is 12.2 Å². The normalized spacial score (nSPS) is 20.3. The summed E-state index contributed by atoms with van der Waals surface area (Å²) in [5, 5.41) is 0.0891. The Morgan fingerprint density at radius 2 is 2.71 bits per heavy atom. The van der Waals surface area contributed by atoms with Crippen LogP contribution in [-0.4, -0.2) is 11.7 Å². The highest BCUT2D eigenvalue weighted by atomic mass is 32.2. The van der Waals surface area contributed by atoms with Crippen LogP contribution in [0, 0.1) is 0 Å². The second-order valence-electron chi connectivity index (χ2n) is 1.17. The van der Waals surface area contributed by atoms with Gasteiger partial charge in [0.1, 0.15) is 0 Å². The summed E-state index contributed by atoms with van der Waals surface area (Å²) in [5.41, 5.74) is 0. The lowest BCUT2D eigenvalue weighted by molar-refractivity contribution is -0.107. The van der Waals surface area contributed by atoms with E-state index in [0.717, 1.165) is 18.5 Å². The highest BCUT2D eigenvalue weighted by Crippen LogP contribution is 2.00. The molecule has 0 saturated heterocycles.